The number of carbonyl (C=O) groups is 1. The molecular formula is C24H16N3Na3O11S3. The fourth-order valence-corrected chi connectivity index (χ4v) is 5.52. The van der Waals surface area contributed by atoms with E-state index in [0.29, 0.717) is 5.56 Å². The van der Waals surface area contributed by atoms with E-state index in [2.05, 4.69) is 24.9 Å². The number of phenols is 1. The number of aryl methyl sites for hydroxylation is 1. The van der Waals surface area contributed by atoms with Gasteiger partial charge in [-0.15, -0.1) is 10.2 Å². The first-order valence-electron chi connectivity index (χ1n) is 11.1. The Balaban J connectivity index is 0.00000323. The summed E-state index contributed by atoms with van der Waals surface area (Å²) in [5.41, 5.74) is -0.668. The second-order valence-electron chi connectivity index (χ2n) is 8.26. The summed E-state index contributed by atoms with van der Waals surface area (Å²) < 4.78 is 75.6. The fourth-order valence-electron chi connectivity index (χ4n) is 3.68. The van der Waals surface area contributed by atoms with E-state index < -0.39 is 53.1 Å². The van der Waals surface area contributed by atoms with Crippen molar-refractivity contribution in [1.82, 2.24) is 0 Å². The fraction of sp³-hybridized carbons (Fsp3) is 0.0417. The van der Waals surface area contributed by atoms with Crippen molar-refractivity contribution in [2.45, 2.75) is 21.6 Å². The van der Waals surface area contributed by atoms with Crippen LogP contribution < -0.4 is 99.2 Å². The molecule has 4 aromatic carbocycles. The van der Waals surface area contributed by atoms with Gasteiger partial charge < -0.3 is 24.8 Å². The van der Waals surface area contributed by atoms with Gasteiger partial charge >= 0.3 is 88.7 Å². The second kappa shape index (κ2) is 17.3. The molecule has 0 bridgehead atoms. The smallest absolute Gasteiger partial charge is 0.744 e. The minimum absolute atomic E-state index is 0. The van der Waals surface area contributed by atoms with E-state index in [9.17, 15) is 41.1 Å². The molecule has 0 saturated carbocycles. The number of nitrogens with zero attached hydrogens (tertiary/aromatic N) is 2. The summed E-state index contributed by atoms with van der Waals surface area (Å²) >= 11 is 0.223. The maximum atomic E-state index is 12.7. The van der Waals surface area contributed by atoms with Gasteiger partial charge in [0.1, 0.15) is 31.6 Å². The summed E-state index contributed by atoms with van der Waals surface area (Å²) in [7, 11) is -10.1. The molecule has 4 rings (SSSR count). The first-order chi connectivity index (χ1) is 19.3. The van der Waals surface area contributed by atoms with Crippen molar-refractivity contribution >= 4 is 66.0 Å². The molecule has 0 aromatic heterocycles. The predicted octanol–water partition coefficient (Wildman–Crippen LogP) is -5.43. The number of nitrogens with one attached hydrogen (secondary N) is 1. The van der Waals surface area contributed by atoms with Gasteiger partial charge in [0.2, 0.25) is 0 Å². The summed E-state index contributed by atoms with van der Waals surface area (Å²) in [6.45, 7) is 1.55. The monoisotopic (exact) mass is 687 g/mol. The zero-order chi connectivity index (χ0) is 29.9. The number of anilines is 1. The molecule has 14 nitrogen and oxygen atoms in total. The molecule has 20 heteroatoms. The maximum absolute atomic E-state index is 12.7. The van der Waals surface area contributed by atoms with Crippen LogP contribution in [0.4, 0.5) is 17.1 Å². The Kier molecular flexibility index (Phi) is 16.1. The van der Waals surface area contributed by atoms with Crippen molar-refractivity contribution in [2.24, 2.45) is 10.2 Å². The summed E-state index contributed by atoms with van der Waals surface area (Å²) in [5.74, 6) is -1.46. The Morgan fingerprint density at radius 3 is 2.11 bits per heavy atom. The number of carbonyl (C=O) groups excluding carboxylic acids is 1. The van der Waals surface area contributed by atoms with E-state index in [1.165, 1.54) is 24.3 Å². The number of aromatic hydroxyl groups is 1. The largest absolute Gasteiger partial charge is 1.00 e. The van der Waals surface area contributed by atoms with Crippen LogP contribution in [0.3, 0.4) is 0 Å². The van der Waals surface area contributed by atoms with Crippen molar-refractivity contribution < 1.29 is 139 Å². The van der Waals surface area contributed by atoms with Gasteiger partial charge in [0, 0.05) is 10.9 Å². The Labute approximate surface area is 322 Å². The molecule has 0 unspecified atom stereocenters. The number of phenolic OH excluding ortho intramolecular Hbond substituents is 1. The Hall–Kier alpha value is -0.940. The van der Waals surface area contributed by atoms with E-state index in [0.717, 1.165) is 24.3 Å². The molecule has 44 heavy (non-hydrogen) atoms. The Morgan fingerprint density at radius 2 is 1.52 bits per heavy atom. The minimum Gasteiger partial charge on any atom is -0.744 e. The van der Waals surface area contributed by atoms with Crippen molar-refractivity contribution in [3.63, 3.8) is 0 Å². The van der Waals surface area contributed by atoms with Crippen LogP contribution in [0.5, 0.6) is 5.75 Å². The SMILES string of the molecule is Cc1ccc(N=Nc2c(SOO[O-])cc3cc(S(=O)(=O)[O-])c(NC(=O)c4ccccc4)cc3c2O)c(S(=O)(=O)[O-])c1.[Na+].[Na+].[Na+]. The van der Waals surface area contributed by atoms with Crippen molar-refractivity contribution in [3.05, 3.63) is 77.9 Å². The van der Waals surface area contributed by atoms with Crippen LogP contribution in [-0.4, -0.2) is 37.0 Å². The van der Waals surface area contributed by atoms with Crippen molar-refractivity contribution in [2.75, 3.05) is 5.32 Å². The third kappa shape index (κ3) is 10.0. The molecule has 0 aliphatic rings. The molecule has 214 valence electrons. The molecule has 0 heterocycles. The number of hydrogen-bond donors (Lipinski definition) is 2. The Morgan fingerprint density at radius 1 is 0.886 bits per heavy atom. The molecule has 0 radical (unpaired) electrons. The van der Waals surface area contributed by atoms with Crippen molar-refractivity contribution in [1.29, 1.82) is 0 Å². The van der Waals surface area contributed by atoms with E-state index in [1.807, 2.05) is 0 Å². The summed E-state index contributed by atoms with van der Waals surface area (Å²) in [4.78, 5) is 11.0. The number of rotatable bonds is 9. The first-order valence-corrected chi connectivity index (χ1v) is 14.6. The maximum Gasteiger partial charge on any atom is 1.00 e. The summed E-state index contributed by atoms with van der Waals surface area (Å²) in [6, 6.07) is 14.4. The van der Waals surface area contributed by atoms with Gasteiger partial charge in [-0.1, -0.05) is 24.3 Å². The molecule has 0 aliphatic carbocycles. The molecule has 0 saturated heterocycles. The van der Waals surface area contributed by atoms with E-state index >= 15 is 0 Å². The number of azo groups is 1. The van der Waals surface area contributed by atoms with Gasteiger partial charge in [-0.25, -0.2) is 16.8 Å². The average Bonchev–Trinajstić information content (AvgIpc) is 2.91. The molecular weight excluding hydrogens is 671 g/mol. The van der Waals surface area contributed by atoms with E-state index in [-0.39, 0.29) is 128 Å². The van der Waals surface area contributed by atoms with E-state index in [1.54, 1.807) is 25.1 Å². The van der Waals surface area contributed by atoms with Crippen LogP contribution in [0.25, 0.3) is 10.8 Å². The molecule has 0 spiro atoms. The summed E-state index contributed by atoms with van der Waals surface area (Å²) in [5, 5.41) is 34.6. The van der Waals surface area contributed by atoms with E-state index in [4.69, 9.17) is 0 Å². The molecule has 1 amide bonds. The molecule has 2 N–H and O–H groups in total. The Bertz CT molecular complexity index is 1910. The third-order valence-electron chi connectivity index (χ3n) is 5.50. The van der Waals surface area contributed by atoms with Gasteiger partial charge in [-0.3, -0.25) is 9.83 Å². The van der Waals surface area contributed by atoms with Gasteiger partial charge in [0.25, 0.3) is 5.91 Å². The molecule has 0 aliphatic heterocycles. The number of benzene rings is 4. The van der Waals surface area contributed by atoms with Crippen LogP contribution in [0.1, 0.15) is 15.9 Å². The van der Waals surface area contributed by atoms with Gasteiger partial charge in [-0.05, 0) is 60.3 Å². The third-order valence-corrected chi connectivity index (χ3v) is 7.86. The normalized spacial score (nSPS) is 11.4. The average molecular weight is 688 g/mol. The standard InChI is InChI=1S/C24H19N3O11S3.3Na/c1-13-7-8-17(20(9-13)40(31,32)33)26-27-22-19(39-38-37-30)10-15-11-21(41(34,35)36)18(12-16(15)23(22)28)25-24(29)14-5-3-2-4-6-14;;;/h2-12,28,30H,1H3,(H,25,29)(H,31,32,33)(H,34,35,36);;;/q;3*+1/p-3. The predicted molar refractivity (Wildman–Crippen MR) is 139 cm³/mol. The van der Waals surface area contributed by atoms with Crippen LogP contribution >= 0.6 is 12.0 Å². The second-order valence-corrected chi connectivity index (χ2v) is 11.7. The first kappa shape index (κ1) is 41.1. The molecule has 4 aromatic rings. The number of fused-ring (bicyclic) bond motifs is 1. The van der Waals surface area contributed by atoms with Crippen LogP contribution in [-0.2, 0) is 29.6 Å². The number of hydrogen-bond acceptors (Lipinski definition) is 14. The molecule has 0 atom stereocenters. The molecule has 0 fully saturated rings. The van der Waals surface area contributed by atoms with Gasteiger partial charge in [0.05, 0.1) is 32.4 Å². The zero-order valence-electron chi connectivity index (χ0n) is 23.5. The van der Waals surface area contributed by atoms with Gasteiger partial charge in [0.15, 0.2) is 5.75 Å². The summed E-state index contributed by atoms with van der Waals surface area (Å²) in [6.07, 6.45) is 0. The van der Waals surface area contributed by atoms with Crippen molar-refractivity contribution in [3.8, 4) is 5.75 Å². The quantitative estimate of drug-likeness (QED) is 0.0420. The topological polar surface area (TPSA) is 230 Å². The van der Waals surface area contributed by atoms with Crippen LogP contribution in [0.15, 0.2) is 91.6 Å². The number of amides is 1. The minimum atomic E-state index is -5.16. The van der Waals surface area contributed by atoms with Gasteiger partial charge in [-0.2, -0.15) is 4.33 Å². The van der Waals surface area contributed by atoms with Crippen LogP contribution in [0, 0.1) is 6.92 Å². The zero-order valence-corrected chi connectivity index (χ0v) is 31.9. The van der Waals surface area contributed by atoms with Crippen LogP contribution in [0.2, 0.25) is 0 Å².